The normalized spacial score (nSPS) is 10.4. The van der Waals surface area contributed by atoms with Gasteiger partial charge in [0.25, 0.3) is 5.91 Å². The van der Waals surface area contributed by atoms with E-state index in [0.29, 0.717) is 5.56 Å². The Hall–Kier alpha value is -0.370. The molecule has 20 heavy (non-hydrogen) atoms. The number of carbonyl (C=O) groups is 3. The van der Waals surface area contributed by atoms with Crippen LogP contribution in [0.4, 0.5) is 0 Å². The Balaban J connectivity index is 0. The van der Waals surface area contributed by atoms with E-state index < -0.39 is 23.9 Å². The predicted octanol–water partition coefficient (Wildman–Crippen LogP) is -0.563. The molecule has 0 fully saturated rings. The second kappa shape index (κ2) is 11.3. The Morgan fingerprint density at radius 3 is 2.05 bits per heavy atom. The van der Waals surface area contributed by atoms with E-state index in [9.17, 15) is 14.4 Å². The van der Waals surface area contributed by atoms with Crippen molar-refractivity contribution in [3.8, 4) is 0 Å². The Labute approximate surface area is 160 Å². The second-order valence-corrected chi connectivity index (χ2v) is 3.66. The molecule has 0 heterocycles. The zero-order valence-electron chi connectivity index (χ0n) is 9.50. The first kappa shape index (κ1) is 21.9. The average Bonchev–Trinajstić information content (AvgIpc) is 2.34. The van der Waals surface area contributed by atoms with Crippen molar-refractivity contribution in [3.05, 3.63) is 35.9 Å². The standard InChI is InChI=1S/C12H13NO5.2Na.2H/c14-10(15)7-6-9(12(17)18)13-11(16)8-4-2-1-3-5-8;;;;/h1-5,9H,6-7H2,(H,13,16)(H,14,15)(H,17,18);;;;/t9-;;;;/m0..../s1. The Kier molecular flexibility index (Phi) is 12.4. The van der Waals surface area contributed by atoms with Crippen LogP contribution in [0, 0.1) is 0 Å². The van der Waals surface area contributed by atoms with Crippen molar-refractivity contribution in [2.24, 2.45) is 0 Å². The number of hydrogen-bond acceptors (Lipinski definition) is 3. The van der Waals surface area contributed by atoms with Crippen molar-refractivity contribution in [1.82, 2.24) is 5.32 Å². The van der Waals surface area contributed by atoms with Crippen LogP contribution in [-0.2, 0) is 9.59 Å². The maximum absolute atomic E-state index is 11.7. The van der Waals surface area contributed by atoms with Crippen LogP contribution in [0.3, 0.4) is 0 Å². The van der Waals surface area contributed by atoms with Gasteiger partial charge in [0.2, 0.25) is 0 Å². The van der Waals surface area contributed by atoms with E-state index in [4.69, 9.17) is 10.2 Å². The molecule has 1 aromatic rings. The summed E-state index contributed by atoms with van der Waals surface area (Å²) in [6.45, 7) is 0. The van der Waals surface area contributed by atoms with Gasteiger partial charge in [0.1, 0.15) is 6.04 Å². The van der Waals surface area contributed by atoms with Crippen LogP contribution in [0.25, 0.3) is 0 Å². The summed E-state index contributed by atoms with van der Waals surface area (Å²) in [5.74, 6) is -2.89. The molecule has 100 valence electrons. The van der Waals surface area contributed by atoms with E-state index in [1.807, 2.05) is 0 Å². The third-order valence-corrected chi connectivity index (χ3v) is 2.29. The summed E-state index contributed by atoms with van der Waals surface area (Å²) < 4.78 is 0. The van der Waals surface area contributed by atoms with Gasteiger partial charge in [0.15, 0.2) is 0 Å². The van der Waals surface area contributed by atoms with Crippen LogP contribution in [0.2, 0.25) is 0 Å². The van der Waals surface area contributed by atoms with Crippen molar-refractivity contribution in [2.45, 2.75) is 18.9 Å². The van der Waals surface area contributed by atoms with Gasteiger partial charge in [0.05, 0.1) is 0 Å². The first-order valence-corrected chi connectivity index (χ1v) is 5.31. The zero-order valence-corrected chi connectivity index (χ0v) is 9.50. The molecule has 0 aliphatic rings. The fourth-order valence-corrected chi connectivity index (χ4v) is 1.36. The van der Waals surface area contributed by atoms with Gasteiger partial charge in [-0.3, -0.25) is 9.59 Å². The summed E-state index contributed by atoms with van der Waals surface area (Å²) in [7, 11) is 0. The molecule has 0 saturated carbocycles. The number of nitrogens with one attached hydrogen (secondary N) is 1. The minimum absolute atomic E-state index is 0. The molecule has 0 spiro atoms. The molecule has 0 unspecified atom stereocenters. The van der Waals surface area contributed by atoms with Crippen LogP contribution in [0.15, 0.2) is 30.3 Å². The number of rotatable bonds is 6. The van der Waals surface area contributed by atoms with Crippen molar-refractivity contribution >= 4 is 77.0 Å². The van der Waals surface area contributed by atoms with Crippen LogP contribution < -0.4 is 5.32 Å². The predicted molar refractivity (Wildman–Crippen MR) is 76.5 cm³/mol. The molecule has 0 saturated heterocycles. The summed E-state index contributed by atoms with van der Waals surface area (Å²) >= 11 is 0. The van der Waals surface area contributed by atoms with Gasteiger partial charge in [-0.05, 0) is 18.6 Å². The van der Waals surface area contributed by atoms with Crippen molar-refractivity contribution < 1.29 is 24.6 Å². The number of hydrogen-bond donors (Lipinski definition) is 3. The molecule has 3 N–H and O–H groups in total. The first-order valence-electron chi connectivity index (χ1n) is 5.31. The van der Waals surface area contributed by atoms with Gasteiger partial charge >= 0.3 is 71.1 Å². The van der Waals surface area contributed by atoms with Crippen molar-refractivity contribution in [2.75, 3.05) is 0 Å². The number of carboxylic acid groups (broad SMARTS) is 2. The molecule has 1 atom stereocenters. The van der Waals surface area contributed by atoms with Crippen molar-refractivity contribution in [3.63, 3.8) is 0 Å². The molecule has 0 bridgehead atoms. The van der Waals surface area contributed by atoms with Crippen LogP contribution >= 0.6 is 0 Å². The van der Waals surface area contributed by atoms with E-state index in [1.54, 1.807) is 30.3 Å². The quantitative estimate of drug-likeness (QED) is 0.611. The van der Waals surface area contributed by atoms with Gasteiger partial charge in [-0.1, -0.05) is 18.2 Å². The van der Waals surface area contributed by atoms with Crippen LogP contribution in [0.5, 0.6) is 0 Å². The van der Waals surface area contributed by atoms with E-state index in [2.05, 4.69) is 5.32 Å². The number of benzene rings is 1. The average molecular weight is 299 g/mol. The molecular weight excluding hydrogens is 284 g/mol. The molecule has 1 amide bonds. The Morgan fingerprint density at radius 2 is 1.60 bits per heavy atom. The number of aliphatic carboxylic acids is 2. The van der Waals surface area contributed by atoms with Gasteiger partial charge in [-0.2, -0.15) is 0 Å². The summed E-state index contributed by atoms with van der Waals surface area (Å²) in [6.07, 6.45) is -0.463. The summed E-state index contributed by atoms with van der Waals surface area (Å²) in [5, 5.41) is 19.7. The van der Waals surface area contributed by atoms with Crippen molar-refractivity contribution in [1.29, 1.82) is 0 Å². The number of amides is 1. The third-order valence-electron chi connectivity index (χ3n) is 2.29. The van der Waals surface area contributed by atoms with E-state index in [0.717, 1.165) is 0 Å². The molecule has 0 aromatic heterocycles. The van der Waals surface area contributed by atoms with Crippen LogP contribution in [-0.4, -0.2) is 93.2 Å². The molecule has 0 aliphatic heterocycles. The molecule has 0 aliphatic carbocycles. The fourth-order valence-electron chi connectivity index (χ4n) is 1.36. The molecular formula is C12H15NNa2O5. The van der Waals surface area contributed by atoms with E-state index in [1.165, 1.54) is 0 Å². The summed E-state index contributed by atoms with van der Waals surface area (Å²) in [6, 6.07) is 6.94. The monoisotopic (exact) mass is 299 g/mol. The maximum atomic E-state index is 11.7. The van der Waals surface area contributed by atoms with Gasteiger partial charge in [0, 0.05) is 12.0 Å². The first-order chi connectivity index (χ1) is 8.50. The topological polar surface area (TPSA) is 104 Å². The Morgan fingerprint density at radius 1 is 1.05 bits per heavy atom. The van der Waals surface area contributed by atoms with Gasteiger partial charge in [-0.15, -0.1) is 0 Å². The van der Waals surface area contributed by atoms with Gasteiger partial charge < -0.3 is 15.5 Å². The second-order valence-electron chi connectivity index (χ2n) is 3.66. The number of carbonyl (C=O) groups excluding carboxylic acids is 1. The summed E-state index contributed by atoms with van der Waals surface area (Å²) in [5.41, 5.74) is 0.332. The molecule has 8 heteroatoms. The third kappa shape index (κ3) is 8.04. The van der Waals surface area contributed by atoms with E-state index >= 15 is 0 Å². The van der Waals surface area contributed by atoms with E-state index in [-0.39, 0.29) is 72.0 Å². The minimum atomic E-state index is -1.25. The summed E-state index contributed by atoms with van der Waals surface area (Å²) in [4.78, 5) is 32.9. The molecule has 1 rings (SSSR count). The number of carboxylic acids is 2. The SMILES string of the molecule is O=C(O)CC[C@H](NC(=O)c1ccccc1)C(=O)O.[NaH].[NaH]. The molecule has 1 aromatic carbocycles. The van der Waals surface area contributed by atoms with Crippen LogP contribution in [0.1, 0.15) is 23.2 Å². The van der Waals surface area contributed by atoms with Gasteiger partial charge in [-0.25, -0.2) is 4.79 Å². The fraction of sp³-hybridized carbons (Fsp3) is 0.250. The molecule has 0 radical (unpaired) electrons. The Bertz CT molecular complexity index is 452. The molecule has 6 nitrogen and oxygen atoms in total. The zero-order chi connectivity index (χ0) is 13.5.